The average Bonchev–Trinajstić information content (AvgIpc) is 3.23. The minimum absolute atomic E-state index is 0.260. The summed E-state index contributed by atoms with van der Waals surface area (Å²) in [6.07, 6.45) is 0. The Balaban J connectivity index is 1.65. The maximum absolute atomic E-state index is 12.3. The van der Waals surface area contributed by atoms with Gasteiger partial charge in [0.05, 0.1) is 8.66 Å². The molecule has 0 aliphatic carbocycles. The second-order valence-corrected chi connectivity index (χ2v) is 7.78. The number of halogens is 1. The maximum Gasteiger partial charge on any atom is 0.439 e. The summed E-state index contributed by atoms with van der Waals surface area (Å²) < 4.78 is 5.30. The van der Waals surface area contributed by atoms with Gasteiger partial charge in [-0.1, -0.05) is 17.3 Å². The van der Waals surface area contributed by atoms with Crippen LogP contribution in [0.4, 0.5) is 5.69 Å². The Kier molecular flexibility index (Phi) is 5.33. The van der Waals surface area contributed by atoms with Crippen LogP contribution in [0.5, 0.6) is 0 Å². The van der Waals surface area contributed by atoms with Crippen LogP contribution in [0.3, 0.4) is 0 Å². The number of nitrogens with one attached hydrogen (secondary N) is 3. The van der Waals surface area contributed by atoms with E-state index in [0.29, 0.717) is 16.1 Å². The Morgan fingerprint density at radius 2 is 2.12 bits per heavy atom. The summed E-state index contributed by atoms with van der Waals surface area (Å²) in [5.41, 5.74) is 1.07. The average molecular weight is 437 g/mol. The van der Waals surface area contributed by atoms with Gasteiger partial charge in [0.1, 0.15) is 6.04 Å². The lowest BCUT2D eigenvalue weighted by molar-refractivity contribution is -0.117. The number of H-pyrrole nitrogens is 1. The first-order valence-electron chi connectivity index (χ1n) is 7.46. The van der Waals surface area contributed by atoms with E-state index in [9.17, 15) is 14.4 Å². The number of hydrogen-bond acceptors (Lipinski definition) is 6. The zero-order chi connectivity index (χ0) is 18.7. The fourth-order valence-corrected chi connectivity index (χ4v) is 3.41. The molecule has 0 radical (unpaired) electrons. The van der Waals surface area contributed by atoms with Crippen molar-refractivity contribution in [3.8, 4) is 11.4 Å². The van der Waals surface area contributed by atoms with E-state index in [-0.39, 0.29) is 17.6 Å². The van der Waals surface area contributed by atoms with Gasteiger partial charge in [-0.2, -0.15) is 0 Å². The van der Waals surface area contributed by atoms with Gasteiger partial charge < -0.3 is 10.6 Å². The SMILES string of the molecule is CC(NC(=O)c1ccc(Br)s1)C(=O)Nc1cccc(-c2noc(=O)[nH]2)c1. The third-order valence-corrected chi connectivity index (χ3v) is 5.00. The van der Waals surface area contributed by atoms with Crippen LogP contribution in [0.1, 0.15) is 16.6 Å². The quantitative estimate of drug-likeness (QED) is 0.568. The highest BCUT2D eigenvalue weighted by Crippen LogP contribution is 2.22. The van der Waals surface area contributed by atoms with E-state index in [1.807, 2.05) is 0 Å². The van der Waals surface area contributed by atoms with Crippen LogP contribution in [-0.4, -0.2) is 28.0 Å². The van der Waals surface area contributed by atoms with Crippen LogP contribution < -0.4 is 16.4 Å². The molecule has 1 unspecified atom stereocenters. The van der Waals surface area contributed by atoms with Gasteiger partial charge in [-0.15, -0.1) is 11.3 Å². The van der Waals surface area contributed by atoms with Crippen molar-refractivity contribution >= 4 is 44.8 Å². The van der Waals surface area contributed by atoms with E-state index >= 15 is 0 Å². The predicted molar refractivity (Wildman–Crippen MR) is 100 cm³/mol. The lowest BCUT2D eigenvalue weighted by Gasteiger charge is -2.14. The smallest absolute Gasteiger partial charge is 0.340 e. The van der Waals surface area contributed by atoms with Crippen LogP contribution >= 0.6 is 27.3 Å². The molecular formula is C16H13BrN4O4S. The van der Waals surface area contributed by atoms with Gasteiger partial charge in [-0.3, -0.25) is 19.1 Å². The number of thiophene rings is 1. The molecule has 10 heteroatoms. The molecule has 0 aliphatic rings. The van der Waals surface area contributed by atoms with Gasteiger partial charge in [-0.05, 0) is 47.1 Å². The number of benzene rings is 1. The van der Waals surface area contributed by atoms with E-state index < -0.39 is 11.8 Å². The van der Waals surface area contributed by atoms with Crippen LogP contribution in [0, 0.1) is 0 Å². The minimum atomic E-state index is -0.737. The van der Waals surface area contributed by atoms with E-state index in [0.717, 1.165) is 3.79 Å². The molecular weight excluding hydrogens is 424 g/mol. The first-order chi connectivity index (χ1) is 12.4. The molecule has 0 aliphatic heterocycles. The number of aromatic amines is 1. The molecule has 134 valence electrons. The first kappa shape index (κ1) is 18.1. The molecule has 3 rings (SSSR count). The fourth-order valence-electron chi connectivity index (χ4n) is 2.12. The standard InChI is InChI=1S/C16H13BrN4O4S/c1-8(18-15(23)11-5-6-12(17)26-11)14(22)19-10-4-2-3-9(7-10)13-20-16(24)25-21-13/h2-8H,1H3,(H,18,23)(H,19,22)(H,20,21,24). The fraction of sp³-hybridized carbons (Fsp3) is 0.125. The zero-order valence-corrected chi connectivity index (χ0v) is 15.8. The predicted octanol–water partition coefficient (Wildman–Crippen LogP) is 2.61. The maximum atomic E-state index is 12.3. The molecule has 8 nitrogen and oxygen atoms in total. The van der Waals surface area contributed by atoms with Crippen molar-refractivity contribution in [3.63, 3.8) is 0 Å². The first-order valence-corrected chi connectivity index (χ1v) is 9.07. The number of aromatic nitrogens is 2. The molecule has 0 saturated carbocycles. The van der Waals surface area contributed by atoms with Gasteiger partial charge in [-0.25, -0.2) is 4.79 Å². The van der Waals surface area contributed by atoms with Gasteiger partial charge >= 0.3 is 5.76 Å². The van der Waals surface area contributed by atoms with Crippen molar-refractivity contribution in [3.05, 3.63) is 55.6 Å². The van der Waals surface area contributed by atoms with Gasteiger partial charge in [0.15, 0.2) is 5.82 Å². The van der Waals surface area contributed by atoms with E-state index in [1.165, 1.54) is 11.3 Å². The summed E-state index contributed by atoms with van der Waals surface area (Å²) in [6, 6.07) is 9.44. The topological polar surface area (TPSA) is 117 Å². The number of nitrogens with zero attached hydrogens (tertiary/aromatic N) is 1. The van der Waals surface area contributed by atoms with Gasteiger partial charge in [0, 0.05) is 11.3 Å². The van der Waals surface area contributed by atoms with Crippen molar-refractivity contribution in [2.45, 2.75) is 13.0 Å². The largest absolute Gasteiger partial charge is 0.439 e. The monoisotopic (exact) mass is 436 g/mol. The zero-order valence-electron chi connectivity index (χ0n) is 13.4. The van der Waals surface area contributed by atoms with Crippen molar-refractivity contribution in [1.82, 2.24) is 15.5 Å². The number of amides is 2. The number of anilines is 1. The number of hydrogen-bond donors (Lipinski definition) is 3. The van der Waals surface area contributed by atoms with E-state index in [2.05, 4.69) is 41.2 Å². The van der Waals surface area contributed by atoms with Crippen molar-refractivity contribution in [1.29, 1.82) is 0 Å². The van der Waals surface area contributed by atoms with Gasteiger partial charge in [0.2, 0.25) is 5.91 Å². The minimum Gasteiger partial charge on any atom is -0.340 e. The second-order valence-electron chi connectivity index (χ2n) is 5.31. The molecule has 0 spiro atoms. The van der Waals surface area contributed by atoms with E-state index in [4.69, 9.17) is 0 Å². The summed E-state index contributed by atoms with van der Waals surface area (Å²) in [5.74, 6) is -1.10. The Hall–Kier alpha value is -2.72. The Labute approximate surface area is 159 Å². The molecule has 1 aromatic carbocycles. The van der Waals surface area contributed by atoms with Crippen molar-refractivity contribution in [2.24, 2.45) is 0 Å². The van der Waals surface area contributed by atoms with Crippen LogP contribution in [-0.2, 0) is 4.79 Å². The molecule has 26 heavy (non-hydrogen) atoms. The normalized spacial score (nSPS) is 11.8. The van der Waals surface area contributed by atoms with E-state index in [1.54, 1.807) is 43.3 Å². The van der Waals surface area contributed by atoms with Crippen molar-refractivity contribution < 1.29 is 14.1 Å². The second kappa shape index (κ2) is 7.67. The molecule has 0 fully saturated rings. The molecule has 2 aromatic heterocycles. The number of carbonyl (C=O) groups is 2. The molecule has 2 heterocycles. The molecule has 0 bridgehead atoms. The van der Waals surface area contributed by atoms with Crippen LogP contribution in [0.25, 0.3) is 11.4 Å². The van der Waals surface area contributed by atoms with Crippen molar-refractivity contribution in [2.75, 3.05) is 5.32 Å². The lowest BCUT2D eigenvalue weighted by Crippen LogP contribution is -2.41. The van der Waals surface area contributed by atoms with Crippen LogP contribution in [0.15, 0.2) is 49.5 Å². The highest BCUT2D eigenvalue weighted by atomic mass is 79.9. The molecule has 3 N–H and O–H groups in total. The summed E-state index contributed by atoms with van der Waals surface area (Å²) in [6.45, 7) is 1.59. The number of rotatable bonds is 5. The summed E-state index contributed by atoms with van der Waals surface area (Å²) in [4.78, 5) is 38.4. The lowest BCUT2D eigenvalue weighted by atomic mass is 10.2. The number of carbonyl (C=O) groups excluding carboxylic acids is 2. The highest BCUT2D eigenvalue weighted by molar-refractivity contribution is 9.11. The molecule has 3 aromatic rings. The van der Waals surface area contributed by atoms with Crippen LogP contribution in [0.2, 0.25) is 0 Å². The third-order valence-electron chi connectivity index (χ3n) is 3.38. The highest BCUT2D eigenvalue weighted by Gasteiger charge is 2.18. The summed E-state index contributed by atoms with van der Waals surface area (Å²) in [5, 5.41) is 8.95. The summed E-state index contributed by atoms with van der Waals surface area (Å²) in [7, 11) is 0. The summed E-state index contributed by atoms with van der Waals surface area (Å²) >= 11 is 4.58. The third kappa shape index (κ3) is 4.27. The Morgan fingerprint density at radius 3 is 2.77 bits per heavy atom. The Morgan fingerprint density at radius 1 is 1.31 bits per heavy atom. The molecule has 0 saturated heterocycles. The molecule has 1 atom stereocenters. The van der Waals surface area contributed by atoms with Gasteiger partial charge in [0.25, 0.3) is 5.91 Å². The Bertz CT molecular complexity index is 1010. The molecule has 2 amide bonds.